The molecule has 0 aliphatic carbocycles. The summed E-state index contributed by atoms with van der Waals surface area (Å²) in [6.45, 7) is 14.9. The summed E-state index contributed by atoms with van der Waals surface area (Å²) < 4.78 is 24.1. The molecule has 2 aromatic carbocycles. The summed E-state index contributed by atoms with van der Waals surface area (Å²) in [5.41, 5.74) is 8.60. The molecule has 48 heavy (non-hydrogen) atoms. The minimum Gasteiger partial charge on any atom is -0.492 e. The van der Waals surface area contributed by atoms with E-state index in [4.69, 9.17) is 21.1 Å². The van der Waals surface area contributed by atoms with Gasteiger partial charge in [0.1, 0.15) is 17.0 Å². The van der Waals surface area contributed by atoms with Crippen molar-refractivity contribution in [2.75, 3.05) is 48.0 Å². The maximum Gasteiger partial charge on any atom is 0.410 e. The maximum absolute atomic E-state index is 13.5. The number of likely N-dealkylation sites (tertiary alicyclic amines) is 1. The van der Waals surface area contributed by atoms with E-state index in [1.807, 2.05) is 60.6 Å². The first-order valence-electron chi connectivity index (χ1n) is 15.8. The van der Waals surface area contributed by atoms with Crippen LogP contribution in [-0.4, -0.2) is 66.0 Å². The summed E-state index contributed by atoms with van der Waals surface area (Å²) in [4.78, 5) is 40.6. The highest BCUT2D eigenvalue weighted by atomic mass is 32.2. The van der Waals surface area contributed by atoms with Crippen LogP contribution < -0.4 is 36.7 Å². The maximum atomic E-state index is 13.5. The van der Waals surface area contributed by atoms with Gasteiger partial charge in [0.25, 0.3) is 23.2 Å². The number of piperidine rings is 1. The molecule has 0 spiro atoms. The normalized spacial score (nSPS) is 16.1. The second-order valence-electron chi connectivity index (χ2n) is 14.0. The van der Waals surface area contributed by atoms with E-state index < -0.39 is 28.8 Å². The fourth-order valence-corrected chi connectivity index (χ4v) is 5.64. The number of carbonyl (C=O) groups is 3. The lowest BCUT2D eigenvalue weighted by atomic mass is 9.86. The van der Waals surface area contributed by atoms with Crippen molar-refractivity contribution in [1.82, 2.24) is 10.2 Å². The topological polar surface area (TPSA) is 185 Å². The zero-order chi connectivity index (χ0) is 36.0. The van der Waals surface area contributed by atoms with Gasteiger partial charge in [-0.2, -0.15) is 9.27 Å². The molecule has 2 unspecified atom stereocenters. The molecule has 0 radical (unpaired) electrons. The molecule has 13 nitrogen and oxygen atoms in total. The van der Waals surface area contributed by atoms with Gasteiger partial charge in [-0.1, -0.05) is 26.8 Å². The molecule has 1 heterocycles. The Morgan fingerprint density at radius 2 is 1.79 bits per heavy atom. The lowest BCUT2D eigenvalue weighted by Crippen LogP contribution is -2.46. The SMILES string of the molecule is COc1c(NC(=O)c2ccc(C)c(N(N)/C=C(\N)C(=O)NCC3CCCN(C(=O)OC(C)(C)C)C3)c2)cc(C(C)(C)C)cc1N[S+](C)O. The zero-order valence-corrected chi connectivity index (χ0v) is 30.3. The number of hydrazine groups is 1. The molecular weight excluding hydrogens is 634 g/mol. The molecule has 0 aromatic heterocycles. The van der Waals surface area contributed by atoms with Crippen LogP contribution in [0.1, 0.15) is 75.9 Å². The molecule has 0 saturated carbocycles. The van der Waals surface area contributed by atoms with Crippen LogP contribution in [0.15, 0.2) is 42.2 Å². The van der Waals surface area contributed by atoms with Crippen LogP contribution in [0, 0.1) is 12.8 Å². The fourth-order valence-electron chi connectivity index (χ4n) is 5.17. The molecule has 1 aliphatic heterocycles. The molecule has 2 aromatic rings. The van der Waals surface area contributed by atoms with Gasteiger partial charge in [-0.15, -0.1) is 0 Å². The Hall–Kier alpha value is -4.14. The van der Waals surface area contributed by atoms with E-state index in [1.54, 1.807) is 29.4 Å². The van der Waals surface area contributed by atoms with Gasteiger partial charge in [0, 0.05) is 31.4 Å². The van der Waals surface area contributed by atoms with Gasteiger partial charge in [-0.3, -0.25) is 14.6 Å². The molecule has 8 N–H and O–H groups in total. The van der Waals surface area contributed by atoms with Crippen LogP contribution in [0.5, 0.6) is 5.75 Å². The van der Waals surface area contributed by atoms with E-state index in [9.17, 15) is 18.9 Å². The smallest absolute Gasteiger partial charge is 0.410 e. The van der Waals surface area contributed by atoms with Crippen molar-refractivity contribution in [3.05, 3.63) is 58.9 Å². The van der Waals surface area contributed by atoms with Crippen molar-refractivity contribution in [2.24, 2.45) is 17.5 Å². The molecular formula is C34H52N7O6S+. The Morgan fingerprint density at radius 3 is 2.40 bits per heavy atom. The summed E-state index contributed by atoms with van der Waals surface area (Å²) in [6.07, 6.45) is 4.22. The van der Waals surface area contributed by atoms with Crippen LogP contribution in [0.3, 0.4) is 0 Å². The summed E-state index contributed by atoms with van der Waals surface area (Å²) in [5, 5.41) is 6.99. The minimum absolute atomic E-state index is 0.0523. The third kappa shape index (κ3) is 10.7. The van der Waals surface area contributed by atoms with Gasteiger partial charge < -0.3 is 30.7 Å². The fraction of sp³-hybridized carbons (Fsp3) is 0.500. The molecule has 0 bridgehead atoms. The number of methoxy groups -OCH3 is 1. The number of rotatable bonds is 10. The Morgan fingerprint density at radius 1 is 1.12 bits per heavy atom. The molecule has 3 rings (SSSR count). The lowest BCUT2D eigenvalue weighted by molar-refractivity contribution is -0.117. The van der Waals surface area contributed by atoms with E-state index in [0.717, 1.165) is 24.0 Å². The molecule has 264 valence electrons. The standard InChI is InChI=1S/C34H51N7O6S/c1-21-12-13-23(30(42)38-26-16-24(33(2,3)4)17-27(29(26)46-8)39-48(9)45)15-28(21)41(36)20-25(35)31(43)37-18-22-11-10-14-40(19-22)32(44)47-34(5,6)7/h12-13,15-17,20,22,39,45H,10-11,14,18-19,35-36H2,1-9H3,(H-,37,38,42,43)/p+1/b25-20-. The number of hydrogen-bond donors (Lipinski definition) is 6. The number of anilines is 3. The number of hydrogen-bond acceptors (Lipinski definition) is 10. The Kier molecular flexibility index (Phi) is 12.6. The predicted octanol–water partition coefficient (Wildman–Crippen LogP) is 4.84. The van der Waals surface area contributed by atoms with Crippen LogP contribution >= 0.6 is 0 Å². The third-order valence-electron chi connectivity index (χ3n) is 7.68. The highest BCUT2D eigenvalue weighted by Gasteiger charge is 2.28. The van der Waals surface area contributed by atoms with Gasteiger partial charge in [-0.25, -0.2) is 10.6 Å². The van der Waals surface area contributed by atoms with Gasteiger partial charge >= 0.3 is 6.09 Å². The summed E-state index contributed by atoms with van der Waals surface area (Å²) in [6, 6.07) is 8.77. The van der Waals surface area contributed by atoms with Crippen molar-refractivity contribution < 1.29 is 28.4 Å². The summed E-state index contributed by atoms with van der Waals surface area (Å²) in [7, 11) is 1.50. The first-order valence-corrected chi connectivity index (χ1v) is 17.4. The van der Waals surface area contributed by atoms with E-state index in [1.165, 1.54) is 18.3 Å². The third-order valence-corrected chi connectivity index (χ3v) is 8.19. The number of carbonyl (C=O) groups excluding carboxylic acids is 3. The average Bonchev–Trinajstić information content (AvgIpc) is 2.98. The molecule has 3 amide bonds. The quantitative estimate of drug-likeness (QED) is 0.0875. The number of nitrogens with zero attached hydrogens (tertiary/aromatic N) is 2. The number of ether oxygens (including phenoxy) is 2. The first kappa shape index (κ1) is 38.3. The highest BCUT2D eigenvalue weighted by Crippen LogP contribution is 2.39. The Bertz CT molecular complexity index is 1520. The van der Waals surface area contributed by atoms with E-state index in [0.29, 0.717) is 48.0 Å². The van der Waals surface area contributed by atoms with Crippen LogP contribution in [0.25, 0.3) is 0 Å². The molecule has 14 heteroatoms. The van der Waals surface area contributed by atoms with Crippen molar-refractivity contribution in [3.63, 3.8) is 0 Å². The van der Waals surface area contributed by atoms with Gasteiger partial charge in [0.2, 0.25) is 0 Å². The number of amides is 3. The molecule has 1 aliphatic rings. The summed E-state index contributed by atoms with van der Waals surface area (Å²) in [5.74, 6) is 5.85. The molecule has 2 atom stereocenters. The number of nitrogens with two attached hydrogens (primary N) is 2. The van der Waals surface area contributed by atoms with E-state index >= 15 is 0 Å². The largest absolute Gasteiger partial charge is 0.492 e. The van der Waals surface area contributed by atoms with Crippen LogP contribution in [-0.2, 0) is 26.3 Å². The first-order chi connectivity index (χ1) is 22.3. The van der Waals surface area contributed by atoms with Crippen molar-refractivity contribution in [1.29, 1.82) is 0 Å². The lowest BCUT2D eigenvalue weighted by Gasteiger charge is -2.34. The van der Waals surface area contributed by atoms with Crippen molar-refractivity contribution >= 4 is 46.3 Å². The van der Waals surface area contributed by atoms with Crippen molar-refractivity contribution in [3.8, 4) is 5.75 Å². The van der Waals surface area contributed by atoms with Gasteiger partial charge in [0.15, 0.2) is 12.0 Å². The monoisotopic (exact) mass is 686 g/mol. The van der Waals surface area contributed by atoms with E-state index in [2.05, 4.69) is 15.4 Å². The Labute approximate surface area is 287 Å². The van der Waals surface area contributed by atoms with E-state index in [-0.39, 0.29) is 23.1 Å². The predicted molar refractivity (Wildman–Crippen MR) is 193 cm³/mol. The van der Waals surface area contributed by atoms with Gasteiger partial charge in [-0.05, 0) is 87.3 Å². The van der Waals surface area contributed by atoms with Crippen molar-refractivity contribution in [2.45, 2.75) is 72.3 Å². The molecule has 1 fully saturated rings. The van der Waals surface area contributed by atoms with Crippen LogP contribution in [0.2, 0.25) is 0 Å². The summed E-state index contributed by atoms with van der Waals surface area (Å²) >= 11 is -1.12. The second kappa shape index (κ2) is 15.8. The van der Waals surface area contributed by atoms with Crippen LogP contribution in [0.4, 0.5) is 21.9 Å². The molecule has 1 saturated heterocycles. The number of nitrogens with one attached hydrogen (secondary N) is 3. The van der Waals surface area contributed by atoms with Gasteiger partial charge in [0.05, 0.1) is 18.5 Å². The number of aryl methyl sites for hydroxylation is 1. The second-order valence-corrected chi connectivity index (χ2v) is 15.2. The highest BCUT2D eigenvalue weighted by molar-refractivity contribution is 7.92. The Balaban J connectivity index is 1.73. The minimum atomic E-state index is -1.12. The number of benzene rings is 2. The average molecular weight is 687 g/mol. The zero-order valence-electron chi connectivity index (χ0n) is 29.5.